The Bertz CT molecular complexity index is 1310. The molecule has 0 radical (unpaired) electrons. The monoisotopic (exact) mass is 556 g/mol. The third kappa shape index (κ3) is 6.78. The second kappa shape index (κ2) is 11.9. The van der Waals surface area contributed by atoms with Crippen LogP contribution in [-0.4, -0.2) is 53.2 Å². The van der Waals surface area contributed by atoms with Crippen LogP contribution in [0.3, 0.4) is 0 Å². The molecule has 4 N–H and O–H groups in total. The predicted molar refractivity (Wildman–Crippen MR) is 146 cm³/mol. The van der Waals surface area contributed by atoms with Gasteiger partial charge in [0.1, 0.15) is 5.75 Å². The van der Waals surface area contributed by atoms with Crippen molar-refractivity contribution in [1.82, 2.24) is 15.2 Å². The van der Waals surface area contributed by atoms with Crippen molar-refractivity contribution in [2.75, 3.05) is 13.1 Å². The summed E-state index contributed by atoms with van der Waals surface area (Å²) in [6, 6.07) is 13.5. The van der Waals surface area contributed by atoms with Gasteiger partial charge in [-0.25, -0.2) is 0 Å². The predicted octanol–water partition coefficient (Wildman–Crippen LogP) is 5.02. The molecule has 1 aliphatic carbocycles. The van der Waals surface area contributed by atoms with E-state index in [4.69, 9.17) is 5.73 Å². The molecule has 10 heteroatoms. The number of hydrogen-bond donors (Lipinski definition) is 3. The number of H-pyrrole nitrogens is 1. The zero-order valence-electron chi connectivity index (χ0n) is 22.3. The minimum Gasteiger partial charge on any atom is -0.406 e. The van der Waals surface area contributed by atoms with Gasteiger partial charge in [0.05, 0.1) is 12.5 Å². The zero-order valence-corrected chi connectivity index (χ0v) is 22.3. The smallest absolute Gasteiger partial charge is 0.406 e. The van der Waals surface area contributed by atoms with Crippen molar-refractivity contribution < 1.29 is 27.5 Å². The number of primary amides is 1. The van der Waals surface area contributed by atoms with E-state index in [-0.39, 0.29) is 35.9 Å². The van der Waals surface area contributed by atoms with Crippen LogP contribution >= 0.6 is 0 Å². The number of hydrogen-bond acceptors (Lipinski definition) is 4. The highest BCUT2D eigenvalue weighted by Crippen LogP contribution is 2.37. The van der Waals surface area contributed by atoms with Crippen LogP contribution in [0.15, 0.2) is 54.7 Å². The molecule has 3 aromatic rings. The van der Waals surface area contributed by atoms with Crippen LogP contribution in [0.1, 0.15) is 55.6 Å². The Morgan fingerprint density at radius 3 is 2.33 bits per heavy atom. The Balaban J connectivity index is 1.10. The molecule has 1 atom stereocenters. The summed E-state index contributed by atoms with van der Waals surface area (Å²) < 4.78 is 41.0. The SMILES string of the molecule is NC(=O)C(NC1CCC(c2c[nH]c3ccccc23)CC1)C1CCN(C(=O)Cc2ccc(OC(F)(F)F)cc2)CC1. The fraction of sp³-hybridized carbons (Fsp3) is 0.467. The molecule has 2 heterocycles. The summed E-state index contributed by atoms with van der Waals surface area (Å²) in [6.07, 6.45) is 2.82. The maximum atomic E-state index is 12.8. The molecule has 214 valence electrons. The van der Waals surface area contributed by atoms with E-state index in [0.29, 0.717) is 37.4 Å². The fourth-order valence-electron chi connectivity index (χ4n) is 6.28. The Labute approximate surface area is 231 Å². The van der Waals surface area contributed by atoms with Crippen LogP contribution in [0.5, 0.6) is 5.75 Å². The standard InChI is InChI=1S/C30H35F3N4O3/c31-30(32,33)40-23-11-5-19(6-12-23)17-27(38)37-15-13-21(14-16-37)28(29(34)39)36-22-9-7-20(8-10-22)25-18-35-26-4-2-1-3-24(25)26/h1-6,11-12,18,20-22,28,35-36H,7-10,13-17H2,(H2,34,39). The zero-order chi connectivity index (χ0) is 28.3. The number of alkyl halides is 3. The van der Waals surface area contributed by atoms with Gasteiger partial charge in [-0.05, 0) is 79.7 Å². The molecule has 1 aromatic heterocycles. The van der Waals surface area contributed by atoms with E-state index >= 15 is 0 Å². The van der Waals surface area contributed by atoms with E-state index in [0.717, 1.165) is 31.2 Å². The van der Waals surface area contributed by atoms with Crippen molar-refractivity contribution in [1.29, 1.82) is 0 Å². The van der Waals surface area contributed by atoms with E-state index in [9.17, 15) is 22.8 Å². The molecular formula is C30H35F3N4O3. The lowest BCUT2D eigenvalue weighted by atomic mass is 9.80. The van der Waals surface area contributed by atoms with E-state index in [1.807, 2.05) is 6.07 Å². The number of aromatic amines is 1. The quantitative estimate of drug-likeness (QED) is 0.363. The number of rotatable bonds is 8. The summed E-state index contributed by atoms with van der Waals surface area (Å²) in [5.41, 5.74) is 8.97. The summed E-state index contributed by atoms with van der Waals surface area (Å²) in [7, 11) is 0. The third-order valence-electron chi connectivity index (χ3n) is 8.39. The first-order valence-electron chi connectivity index (χ1n) is 13.9. The largest absolute Gasteiger partial charge is 0.573 e. The third-order valence-corrected chi connectivity index (χ3v) is 8.39. The number of ether oxygens (including phenoxy) is 1. The lowest BCUT2D eigenvalue weighted by molar-refractivity contribution is -0.274. The first-order valence-corrected chi connectivity index (χ1v) is 13.9. The summed E-state index contributed by atoms with van der Waals surface area (Å²) in [6.45, 7) is 1.02. The Kier molecular flexibility index (Phi) is 8.35. The second-order valence-electron chi connectivity index (χ2n) is 11.0. The fourth-order valence-corrected chi connectivity index (χ4v) is 6.28. The van der Waals surface area contributed by atoms with Crippen LogP contribution < -0.4 is 15.8 Å². The van der Waals surface area contributed by atoms with Crippen molar-refractivity contribution in [2.24, 2.45) is 11.7 Å². The molecule has 5 rings (SSSR count). The molecule has 1 unspecified atom stereocenters. The number of fused-ring (bicyclic) bond motifs is 1. The van der Waals surface area contributed by atoms with Crippen molar-refractivity contribution in [3.63, 3.8) is 0 Å². The molecule has 1 saturated carbocycles. The minimum atomic E-state index is -4.75. The van der Waals surface area contributed by atoms with E-state index in [1.54, 1.807) is 4.90 Å². The van der Waals surface area contributed by atoms with Crippen molar-refractivity contribution in [3.05, 3.63) is 65.9 Å². The first-order chi connectivity index (χ1) is 19.2. The number of likely N-dealkylation sites (tertiary alicyclic amines) is 1. The second-order valence-corrected chi connectivity index (χ2v) is 11.0. The van der Waals surface area contributed by atoms with Crippen molar-refractivity contribution in [3.8, 4) is 5.75 Å². The number of amides is 2. The number of carbonyl (C=O) groups excluding carboxylic acids is 2. The topological polar surface area (TPSA) is 100 Å². The van der Waals surface area contributed by atoms with Crippen LogP contribution in [0.25, 0.3) is 10.9 Å². The van der Waals surface area contributed by atoms with Crippen LogP contribution in [0.4, 0.5) is 13.2 Å². The van der Waals surface area contributed by atoms with Gasteiger partial charge in [-0.3, -0.25) is 9.59 Å². The average molecular weight is 557 g/mol. The number of para-hydroxylation sites is 1. The molecule has 1 aliphatic heterocycles. The molecule has 0 spiro atoms. The van der Waals surface area contributed by atoms with E-state index < -0.39 is 12.4 Å². The molecule has 2 amide bonds. The molecule has 7 nitrogen and oxygen atoms in total. The Hall–Kier alpha value is -3.53. The van der Waals surface area contributed by atoms with Gasteiger partial charge in [-0.2, -0.15) is 0 Å². The first kappa shape index (κ1) is 28.0. The van der Waals surface area contributed by atoms with E-state index in [2.05, 4.69) is 39.4 Å². The summed E-state index contributed by atoms with van der Waals surface area (Å²) in [5, 5.41) is 4.84. The van der Waals surface area contributed by atoms with E-state index in [1.165, 1.54) is 35.2 Å². The molecule has 2 fully saturated rings. The number of aromatic nitrogens is 1. The van der Waals surface area contributed by atoms with Gasteiger partial charge >= 0.3 is 6.36 Å². The summed E-state index contributed by atoms with van der Waals surface area (Å²) in [4.78, 5) is 30.4. The molecule has 40 heavy (non-hydrogen) atoms. The minimum absolute atomic E-state index is 0.0479. The lowest BCUT2D eigenvalue weighted by Crippen LogP contribution is -2.54. The number of halogens is 3. The van der Waals surface area contributed by atoms with Gasteiger partial charge in [0, 0.05) is 36.2 Å². The highest BCUT2D eigenvalue weighted by Gasteiger charge is 2.34. The highest BCUT2D eigenvalue weighted by atomic mass is 19.4. The summed E-state index contributed by atoms with van der Waals surface area (Å²) in [5.74, 6) is -0.233. The number of nitrogens with one attached hydrogen (secondary N) is 2. The number of carbonyl (C=O) groups is 2. The van der Waals surface area contributed by atoms with Gasteiger partial charge in [-0.1, -0.05) is 30.3 Å². The normalized spacial score (nSPS) is 21.3. The molecule has 2 aromatic carbocycles. The molecular weight excluding hydrogens is 521 g/mol. The van der Waals surface area contributed by atoms with Gasteiger partial charge < -0.3 is 25.7 Å². The summed E-state index contributed by atoms with van der Waals surface area (Å²) >= 11 is 0. The van der Waals surface area contributed by atoms with Gasteiger partial charge in [0.15, 0.2) is 0 Å². The average Bonchev–Trinajstić information content (AvgIpc) is 3.36. The van der Waals surface area contributed by atoms with Crippen LogP contribution in [-0.2, 0) is 16.0 Å². The molecule has 2 aliphatic rings. The number of nitrogens with two attached hydrogens (primary N) is 1. The van der Waals surface area contributed by atoms with Crippen molar-refractivity contribution >= 4 is 22.7 Å². The van der Waals surface area contributed by atoms with Crippen LogP contribution in [0, 0.1) is 5.92 Å². The molecule has 1 saturated heterocycles. The Morgan fingerprint density at radius 2 is 1.68 bits per heavy atom. The van der Waals surface area contributed by atoms with Crippen molar-refractivity contribution in [2.45, 2.75) is 69.3 Å². The van der Waals surface area contributed by atoms with Gasteiger partial charge in [0.25, 0.3) is 0 Å². The maximum Gasteiger partial charge on any atom is 0.573 e. The number of benzene rings is 2. The Morgan fingerprint density at radius 1 is 1.00 bits per heavy atom. The van der Waals surface area contributed by atoms with Crippen LogP contribution in [0.2, 0.25) is 0 Å². The highest BCUT2D eigenvalue weighted by molar-refractivity contribution is 5.83. The number of nitrogens with zero attached hydrogens (tertiary/aromatic N) is 1. The lowest BCUT2D eigenvalue weighted by Gasteiger charge is -2.38. The molecule has 0 bridgehead atoms. The maximum absolute atomic E-state index is 12.8. The van der Waals surface area contributed by atoms with Gasteiger partial charge in [0.2, 0.25) is 11.8 Å². The van der Waals surface area contributed by atoms with Gasteiger partial charge in [-0.15, -0.1) is 13.2 Å². The number of piperidine rings is 1.